The summed E-state index contributed by atoms with van der Waals surface area (Å²) in [6.45, 7) is 18.4. The van der Waals surface area contributed by atoms with E-state index in [4.69, 9.17) is 9.47 Å². The number of epoxide rings is 1. The molecule has 1 aromatic carbocycles. The van der Waals surface area contributed by atoms with Gasteiger partial charge >= 0.3 is 0 Å². The van der Waals surface area contributed by atoms with Crippen molar-refractivity contribution in [1.29, 1.82) is 0 Å². The first-order chi connectivity index (χ1) is 36.7. The Morgan fingerprint density at radius 1 is 0.831 bits per heavy atom. The number of aromatic nitrogens is 2. The number of ketones is 2. The van der Waals surface area contributed by atoms with Crippen molar-refractivity contribution in [2.45, 2.75) is 257 Å². The molecular weight excluding hydrogens is 955 g/mol. The van der Waals surface area contributed by atoms with Crippen LogP contribution in [0.2, 0.25) is 0 Å². The lowest BCUT2D eigenvalue weighted by Gasteiger charge is -2.74. The number of aryl methyl sites for hydroxylation is 1. The second-order valence-corrected chi connectivity index (χ2v) is 30.1. The van der Waals surface area contributed by atoms with Crippen molar-refractivity contribution in [1.82, 2.24) is 14.9 Å². The predicted molar refractivity (Wildman–Crippen MR) is 305 cm³/mol. The van der Waals surface area contributed by atoms with Crippen LogP contribution in [-0.2, 0) is 38.4 Å². The lowest BCUT2D eigenvalue weighted by atomic mass is 9.30. The Morgan fingerprint density at radius 2 is 1.53 bits per heavy atom. The summed E-state index contributed by atoms with van der Waals surface area (Å²) in [7, 11) is 2.01. The third kappa shape index (κ3) is 8.01. The van der Waals surface area contributed by atoms with Gasteiger partial charge in [-0.2, -0.15) is 0 Å². The maximum Gasteiger partial charge on any atom is 0.160 e. The first kappa shape index (κ1) is 53.2. The molecule has 8 fully saturated rings. The van der Waals surface area contributed by atoms with Gasteiger partial charge in [0.05, 0.1) is 34.4 Å². The number of aliphatic hydroxyl groups excluding tert-OH is 2. The maximum atomic E-state index is 15.8. The number of Topliss-reactive ketones (excluding diaryl/α,β-unsaturated/α-hetero) is 2. The van der Waals surface area contributed by atoms with E-state index < -0.39 is 39.5 Å². The van der Waals surface area contributed by atoms with Gasteiger partial charge in [0.2, 0.25) is 0 Å². The van der Waals surface area contributed by atoms with Gasteiger partial charge in [-0.1, -0.05) is 104 Å². The topological polar surface area (TPSA) is 129 Å². The molecule has 4 N–H and O–H groups in total. The number of aromatic amines is 1. The molecule has 12 atom stereocenters. The van der Waals surface area contributed by atoms with E-state index in [1.165, 1.54) is 103 Å². The van der Waals surface area contributed by atoms with Gasteiger partial charge in [-0.25, -0.2) is 0 Å². The summed E-state index contributed by atoms with van der Waals surface area (Å²) in [5, 5.41) is 30.0. The fraction of sp³-hybridized carbons (Fsp3) is 0.765. The Kier molecular flexibility index (Phi) is 12.9. The number of hydrogen-bond donors (Lipinski definition) is 4. The molecule has 0 amide bonds. The Bertz CT molecular complexity index is 2830. The van der Waals surface area contributed by atoms with E-state index in [1.807, 2.05) is 7.05 Å². The average molecular weight is 1050 g/mol. The van der Waals surface area contributed by atoms with Crippen LogP contribution < -0.4 is 5.32 Å². The number of fused-ring (bicyclic) bond motifs is 5. The third-order valence-electron chi connectivity index (χ3n) is 25.7. The molecular formula is C68H97N3O6. The van der Waals surface area contributed by atoms with Gasteiger partial charge in [-0.05, 0) is 196 Å². The molecule has 10 aliphatic rings. The van der Waals surface area contributed by atoms with E-state index in [-0.39, 0.29) is 46.1 Å². The highest BCUT2D eigenvalue weighted by Gasteiger charge is 2.77. The van der Waals surface area contributed by atoms with E-state index in [9.17, 15) is 15.0 Å². The van der Waals surface area contributed by atoms with Crippen molar-refractivity contribution in [3.05, 3.63) is 69.6 Å². The molecule has 2 aromatic heterocycles. The minimum atomic E-state index is -0.736. The Hall–Kier alpha value is -3.08. The van der Waals surface area contributed by atoms with Crippen LogP contribution in [0.25, 0.3) is 11.0 Å². The van der Waals surface area contributed by atoms with Gasteiger partial charge in [-0.3, -0.25) is 9.59 Å². The van der Waals surface area contributed by atoms with Crippen molar-refractivity contribution in [3.63, 3.8) is 0 Å². The fourth-order valence-electron chi connectivity index (χ4n) is 21.5. The summed E-state index contributed by atoms with van der Waals surface area (Å²) in [5.74, 6) is 1.46. The van der Waals surface area contributed by atoms with E-state index >= 15 is 4.79 Å². The molecule has 420 valence electrons. The van der Waals surface area contributed by atoms with Crippen molar-refractivity contribution in [2.24, 2.45) is 50.2 Å². The van der Waals surface area contributed by atoms with Gasteiger partial charge in [-0.15, -0.1) is 0 Å². The number of ether oxygens (including phenoxy) is 2. The molecule has 6 saturated carbocycles. The quantitative estimate of drug-likeness (QED) is 0.149. The average Bonchev–Trinajstić information content (AvgIpc) is 4.05. The van der Waals surface area contributed by atoms with Crippen molar-refractivity contribution >= 4 is 22.6 Å². The lowest BCUT2D eigenvalue weighted by Crippen LogP contribution is -2.72. The molecule has 5 heterocycles. The monoisotopic (exact) mass is 1050 g/mol. The predicted octanol–water partition coefficient (Wildman–Crippen LogP) is 13.5. The number of hydrogen-bond acceptors (Lipinski definition) is 7. The minimum absolute atomic E-state index is 0.0387. The van der Waals surface area contributed by atoms with Crippen molar-refractivity contribution < 1.29 is 29.3 Å². The second-order valence-electron chi connectivity index (χ2n) is 30.1. The fourth-order valence-corrected chi connectivity index (χ4v) is 21.5. The largest absolute Gasteiger partial charge is 0.392 e. The second kappa shape index (κ2) is 18.7. The summed E-state index contributed by atoms with van der Waals surface area (Å²) in [6, 6.07) is 7.78. The van der Waals surface area contributed by atoms with Gasteiger partial charge < -0.3 is 34.6 Å². The number of allylic oxidation sites excluding steroid dienone is 1. The van der Waals surface area contributed by atoms with Crippen LogP contribution >= 0.6 is 0 Å². The Balaban J connectivity index is 0.952. The molecule has 2 saturated heterocycles. The summed E-state index contributed by atoms with van der Waals surface area (Å²) in [5.41, 5.74) is 8.60. The van der Waals surface area contributed by atoms with Crippen LogP contribution in [0.4, 0.5) is 0 Å². The SMILES string of the molecule is CNCC[C@]1(C)C(=O)CC2(CCCC2)[C@@]2(C)[C@H]3[C@H](O)[C@@H]4Cn5cc(Cc6cc(C7CCCCC7)cc([C@@H]7CCOC8(CCCCC8)C7)c6)c6[nH]cc(c65)CC[C@@](C)(C[C@@H](O)[C@H]5OC5(C)C)C5=C4[C@](C)(CC5=O)[C@@]3(C)CC[C@H]21. The van der Waals surface area contributed by atoms with Crippen LogP contribution in [-0.4, -0.2) is 81.0 Å². The number of carbonyl (C=O) groups is 2. The van der Waals surface area contributed by atoms with Crippen LogP contribution in [0.15, 0.2) is 41.7 Å². The van der Waals surface area contributed by atoms with Crippen LogP contribution in [0.3, 0.4) is 0 Å². The number of nitrogens with zero attached hydrogens (tertiary/aromatic N) is 1. The number of H-pyrrole nitrogens is 1. The van der Waals surface area contributed by atoms with E-state index in [1.54, 1.807) is 5.56 Å². The molecule has 0 radical (unpaired) electrons. The highest BCUT2D eigenvalue weighted by molar-refractivity contribution is 6.02. The van der Waals surface area contributed by atoms with Crippen molar-refractivity contribution in [2.75, 3.05) is 20.2 Å². The normalized spacial score (nSPS) is 39.7. The van der Waals surface area contributed by atoms with E-state index in [0.717, 1.165) is 89.4 Å². The minimum Gasteiger partial charge on any atom is -0.392 e. The molecule has 9 nitrogen and oxygen atoms in total. The molecule has 3 aliphatic heterocycles. The summed E-state index contributed by atoms with van der Waals surface area (Å²) in [4.78, 5) is 34.6. The number of benzene rings is 1. The van der Waals surface area contributed by atoms with Crippen LogP contribution in [0.1, 0.15) is 236 Å². The van der Waals surface area contributed by atoms with E-state index in [0.29, 0.717) is 49.8 Å². The molecule has 0 unspecified atom stereocenters. The summed E-state index contributed by atoms with van der Waals surface area (Å²) < 4.78 is 15.4. The molecule has 13 rings (SSSR count). The first-order valence-corrected chi connectivity index (χ1v) is 31.7. The number of nitrogens with one attached hydrogen (secondary N) is 2. The Morgan fingerprint density at radius 3 is 2.25 bits per heavy atom. The van der Waals surface area contributed by atoms with E-state index in [2.05, 4.69) is 93.9 Å². The zero-order valence-electron chi connectivity index (χ0n) is 48.8. The molecule has 7 aliphatic carbocycles. The molecule has 9 heteroatoms. The number of aliphatic hydroxyl groups is 2. The van der Waals surface area contributed by atoms with Gasteiger partial charge in [0.1, 0.15) is 11.9 Å². The Labute approximate surface area is 461 Å². The standard InChI is InChI=1S/C68H97N3O6/c1-61(2)60(77-61)51(73)36-62(3)26-19-45-39-70-56-48(33-42-31-46(43-17-11-9-12-18-43)34-47(32-42)44-21-30-76-68(35-44)24-13-10-14-25-68)40-71(57(45)56)41-49-54-55(62)50(72)37-65(54,6)64(5)27-20-52-63(4,28-29-69-8)53(74)38-67(22-15-16-23-67)66(52,7)59(64)58(49)75/h31-32,34,39-40,43-44,49,51-52,58-60,69-70,73,75H,9-30,33,35-38,41H2,1-8H3/t44-,49-,51-,52+,58-,59+,60-,62+,63+,64+,65+,66-/m1/s1. The van der Waals surface area contributed by atoms with Crippen LogP contribution in [0, 0.1) is 50.2 Å². The summed E-state index contributed by atoms with van der Waals surface area (Å²) >= 11 is 0. The molecule has 3 aromatic rings. The molecule has 77 heavy (non-hydrogen) atoms. The van der Waals surface area contributed by atoms with Crippen LogP contribution in [0.5, 0.6) is 0 Å². The first-order valence-electron chi connectivity index (χ1n) is 31.7. The smallest absolute Gasteiger partial charge is 0.160 e. The van der Waals surface area contributed by atoms with Gasteiger partial charge in [0.25, 0.3) is 0 Å². The highest BCUT2D eigenvalue weighted by Crippen LogP contribution is 2.80. The zero-order chi connectivity index (χ0) is 53.7. The summed E-state index contributed by atoms with van der Waals surface area (Å²) in [6.07, 6.45) is 28.7. The third-order valence-corrected chi connectivity index (χ3v) is 25.7. The molecule has 0 bridgehead atoms. The maximum absolute atomic E-state index is 15.8. The van der Waals surface area contributed by atoms with Gasteiger partial charge in [0, 0.05) is 67.1 Å². The lowest BCUT2D eigenvalue weighted by molar-refractivity contribution is -0.261. The highest BCUT2D eigenvalue weighted by atomic mass is 16.6. The number of carbonyl (C=O) groups excluding carboxylic acids is 2. The van der Waals surface area contributed by atoms with Gasteiger partial charge in [0.15, 0.2) is 5.78 Å². The van der Waals surface area contributed by atoms with Crippen molar-refractivity contribution in [3.8, 4) is 0 Å². The zero-order valence-corrected chi connectivity index (χ0v) is 48.8. The number of rotatable bonds is 10. The molecule has 2 spiro atoms.